The van der Waals surface area contributed by atoms with Gasteiger partial charge in [-0.3, -0.25) is 9.78 Å². The van der Waals surface area contributed by atoms with Crippen LogP contribution in [-0.2, 0) is 11.2 Å². The summed E-state index contributed by atoms with van der Waals surface area (Å²) in [4.78, 5) is 17.2. The van der Waals surface area contributed by atoms with E-state index < -0.39 is 5.60 Å². The van der Waals surface area contributed by atoms with Gasteiger partial charge >= 0.3 is 0 Å². The zero-order valence-corrected chi connectivity index (χ0v) is 15.9. The van der Waals surface area contributed by atoms with Crippen molar-refractivity contribution in [3.05, 3.63) is 29.6 Å². The number of ether oxygens (including phenoxy) is 1. The number of aliphatic hydroxyl groups is 1. The zero-order valence-electron chi connectivity index (χ0n) is 15.9. The summed E-state index contributed by atoms with van der Waals surface area (Å²) in [6.45, 7) is 6.95. The van der Waals surface area contributed by atoms with Crippen LogP contribution in [0.3, 0.4) is 0 Å². The minimum atomic E-state index is -0.528. The molecular formula is C22H29NO3. The highest BCUT2D eigenvalue weighted by molar-refractivity contribution is 5.98. The Bertz CT molecular complexity index is 729. The Morgan fingerprint density at radius 3 is 2.81 bits per heavy atom. The van der Waals surface area contributed by atoms with Crippen LogP contribution in [0.1, 0.15) is 51.3 Å². The molecule has 3 atom stereocenters. The van der Waals surface area contributed by atoms with Crippen LogP contribution in [0.15, 0.2) is 18.3 Å². The van der Waals surface area contributed by atoms with E-state index in [1.807, 2.05) is 25.3 Å². The second-order valence-electron chi connectivity index (χ2n) is 9.11. The summed E-state index contributed by atoms with van der Waals surface area (Å²) in [7, 11) is 0. The number of hydrogen-bond donors (Lipinski definition) is 1. The molecule has 0 radical (unpaired) electrons. The number of nitrogens with zero attached hydrogens (tertiary/aromatic N) is 1. The standard InChI is InChI=1S/C22H29NO3/c1-13(2)6-7-26-16-8-14-4-5-19(24)21-17(9-18(14)23-12-16)20(21)15-10-22(3,25)11-15/h4-5,8,12-13,15,17,20-21,25H,6-7,9-11H2,1-3H3/b5-4-. The van der Waals surface area contributed by atoms with E-state index in [1.54, 1.807) is 6.08 Å². The summed E-state index contributed by atoms with van der Waals surface area (Å²) in [6, 6.07) is 2.01. The van der Waals surface area contributed by atoms with Crippen LogP contribution in [0.2, 0.25) is 0 Å². The van der Waals surface area contributed by atoms with E-state index in [2.05, 4.69) is 18.8 Å². The Kier molecular flexibility index (Phi) is 4.42. The van der Waals surface area contributed by atoms with Gasteiger partial charge in [-0.15, -0.1) is 0 Å². The van der Waals surface area contributed by atoms with Crippen molar-refractivity contribution < 1.29 is 14.6 Å². The Labute approximate surface area is 155 Å². The predicted octanol–water partition coefficient (Wildman–Crippen LogP) is 3.67. The van der Waals surface area contributed by atoms with Crippen molar-refractivity contribution in [1.29, 1.82) is 0 Å². The van der Waals surface area contributed by atoms with Crippen molar-refractivity contribution in [2.75, 3.05) is 6.61 Å². The number of fused-ring (bicyclic) bond motifs is 2. The van der Waals surface area contributed by atoms with Crippen molar-refractivity contribution >= 4 is 11.9 Å². The number of carbonyl (C=O) groups excluding carboxylic acids is 1. The molecule has 4 rings (SSSR count). The normalized spacial score (nSPS) is 36.4. The van der Waals surface area contributed by atoms with Crippen LogP contribution in [-0.4, -0.2) is 28.1 Å². The van der Waals surface area contributed by atoms with Gasteiger partial charge in [0.2, 0.25) is 0 Å². The molecule has 4 nitrogen and oxygen atoms in total. The molecule has 4 heteroatoms. The van der Waals surface area contributed by atoms with E-state index in [0.29, 0.717) is 30.3 Å². The van der Waals surface area contributed by atoms with Gasteiger partial charge in [-0.1, -0.05) is 13.8 Å². The smallest absolute Gasteiger partial charge is 0.159 e. The van der Waals surface area contributed by atoms with Gasteiger partial charge in [-0.05, 0) is 80.1 Å². The zero-order chi connectivity index (χ0) is 18.5. The van der Waals surface area contributed by atoms with Crippen LogP contribution in [0.5, 0.6) is 5.75 Å². The third kappa shape index (κ3) is 3.44. The summed E-state index contributed by atoms with van der Waals surface area (Å²) in [5.41, 5.74) is 1.54. The Balaban J connectivity index is 1.47. The van der Waals surface area contributed by atoms with Crippen LogP contribution in [0.25, 0.3) is 6.08 Å². The van der Waals surface area contributed by atoms with Crippen molar-refractivity contribution in [3.8, 4) is 5.75 Å². The lowest BCUT2D eigenvalue weighted by molar-refractivity contribution is -0.117. The second kappa shape index (κ2) is 6.49. The molecule has 3 unspecified atom stereocenters. The topological polar surface area (TPSA) is 59.4 Å². The molecule has 26 heavy (non-hydrogen) atoms. The number of ketones is 1. The molecule has 0 bridgehead atoms. The van der Waals surface area contributed by atoms with E-state index in [1.165, 1.54) is 0 Å². The molecule has 2 saturated carbocycles. The maximum absolute atomic E-state index is 12.6. The van der Waals surface area contributed by atoms with Crippen molar-refractivity contribution in [1.82, 2.24) is 4.98 Å². The number of hydrogen-bond acceptors (Lipinski definition) is 4. The summed E-state index contributed by atoms with van der Waals surface area (Å²) in [6.07, 6.45) is 8.97. The third-order valence-electron chi connectivity index (χ3n) is 6.30. The average Bonchev–Trinajstić information content (AvgIpc) is 3.23. The van der Waals surface area contributed by atoms with Gasteiger partial charge < -0.3 is 9.84 Å². The van der Waals surface area contributed by atoms with Gasteiger partial charge in [0.15, 0.2) is 5.78 Å². The average molecular weight is 355 g/mol. The lowest BCUT2D eigenvalue weighted by Crippen LogP contribution is -2.42. The van der Waals surface area contributed by atoms with Crippen molar-refractivity contribution in [2.45, 2.75) is 52.1 Å². The van der Waals surface area contributed by atoms with Crippen LogP contribution in [0, 0.1) is 29.6 Å². The maximum atomic E-state index is 12.6. The first-order valence-electron chi connectivity index (χ1n) is 9.90. The molecule has 3 aliphatic rings. The minimum Gasteiger partial charge on any atom is -0.492 e. The molecule has 0 saturated heterocycles. The molecule has 3 aliphatic carbocycles. The quantitative estimate of drug-likeness (QED) is 0.875. The van der Waals surface area contributed by atoms with E-state index in [0.717, 1.165) is 42.7 Å². The number of carbonyl (C=O) groups is 1. The Morgan fingerprint density at radius 2 is 2.12 bits per heavy atom. The fraction of sp³-hybridized carbons (Fsp3) is 0.636. The predicted molar refractivity (Wildman–Crippen MR) is 101 cm³/mol. The number of aromatic nitrogens is 1. The first kappa shape index (κ1) is 17.7. The summed E-state index contributed by atoms with van der Waals surface area (Å²) in [5, 5.41) is 10.0. The number of allylic oxidation sites excluding steroid dienone is 1. The van der Waals surface area contributed by atoms with Crippen molar-refractivity contribution in [2.24, 2.45) is 29.6 Å². The van der Waals surface area contributed by atoms with Gasteiger partial charge in [0, 0.05) is 11.6 Å². The molecule has 0 aliphatic heterocycles. The summed E-state index contributed by atoms with van der Waals surface area (Å²) >= 11 is 0. The third-order valence-corrected chi connectivity index (χ3v) is 6.30. The Hall–Kier alpha value is -1.68. The second-order valence-corrected chi connectivity index (χ2v) is 9.11. The molecule has 1 aromatic heterocycles. The maximum Gasteiger partial charge on any atom is 0.159 e. The SMILES string of the molecule is CC(C)CCOc1cnc2c(c1)/C=C\C(=O)C1C(C2)C1C1CC(C)(O)C1. The van der Waals surface area contributed by atoms with Crippen LogP contribution < -0.4 is 4.74 Å². The largest absolute Gasteiger partial charge is 0.492 e. The van der Waals surface area contributed by atoms with Gasteiger partial charge in [-0.2, -0.15) is 0 Å². The summed E-state index contributed by atoms with van der Waals surface area (Å²) in [5.74, 6) is 3.04. The molecule has 0 spiro atoms. The first-order valence-corrected chi connectivity index (χ1v) is 9.90. The Morgan fingerprint density at radius 1 is 1.35 bits per heavy atom. The van der Waals surface area contributed by atoms with Crippen LogP contribution in [0.4, 0.5) is 0 Å². The van der Waals surface area contributed by atoms with E-state index in [4.69, 9.17) is 4.74 Å². The van der Waals surface area contributed by atoms with E-state index >= 15 is 0 Å². The minimum absolute atomic E-state index is 0.129. The van der Waals surface area contributed by atoms with Gasteiger partial charge in [-0.25, -0.2) is 0 Å². The van der Waals surface area contributed by atoms with Gasteiger partial charge in [0.1, 0.15) is 5.75 Å². The first-order chi connectivity index (χ1) is 12.3. The number of pyridine rings is 1. The molecule has 0 amide bonds. The lowest BCUT2D eigenvalue weighted by atomic mass is 9.69. The molecule has 1 N–H and O–H groups in total. The van der Waals surface area contributed by atoms with Crippen molar-refractivity contribution in [3.63, 3.8) is 0 Å². The molecular weight excluding hydrogens is 326 g/mol. The molecule has 140 valence electrons. The highest BCUT2D eigenvalue weighted by atomic mass is 16.5. The molecule has 0 aromatic carbocycles. The highest BCUT2D eigenvalue weighted by Crippen LogP contribution is 2.60. The molecule has 1 heterocycles. The van der Waals surface area contributed by atoms with Gasteiger partial charge in [0.05, 0.1) is 18.4 Å². The van der Waals surface area contributed by atoms with E-state index in [-0.39, 0.29) is 11.7 Å². The lowest BCUT2D eigenvalue weighted by Gasteiger charge is -2.41. The summed E-state index contributed by atoms with van der Waals surface area (Å²) < 4.78 is 5.82. The van der Waals surface area contributed by atoms with E-state index in [9.17, 15) is 9.90 Å². The van der Waals surface area contributed by atoms with Gasteiger partial charge in [0.25, 0.3) is 0 Å². The fourth-order valence-electron chi connectivity index (χ4n) is 4.85. The number of rotatable bonds is 5. The fourth-order valence-corrected chi connectivity index (χ4v) is 4.85. The molecule has 2 fully saturated rings. The monoisotopic (exact) mass is 355 g/mol. The van der Waals surface area contributed by atoms with Crippen LogP contribution >= 0.6 is 0 Å². The highest BCUT2D eigenvalue weighted by Gasteiger charge is 2.61. The molecule has 1 aromatic rings.